The van der Waals surface area contributed by atoms with Crippen LogP contribution in [0.15, 0.2) is 34.3 Å². The van der Waals surface area contributed by atoms with Crippen molar-refractivity contribution in [2.75, 3.05) is 7.11 Å². The smallest absolute Gasteiger partial charge is 0.334 e. The van der Waals surface area contributed by atoms with Crippen LogP contribution in [0.3, 0.4) is 0 Å². The lowest BCUT2D eigenvalue weighted by Gasteiger charge is -2.01. The number of azo groups is 1. The van der Waals surface area contributed by atoms with E-state index in [0.717, 1.165) is 6.08 Å². The van der Waals surface area contributed by atoms with Gasteiger partial charge in [0.1, 0.15) is 5.69 Å². The molecule has 0 fully saturated rings. The lowest BCUT2D eigenvalue weighted by molar-refractivity contribution is -0.134. The third-order valence-corrected chi connectivity index (χ3v) is 2.51. The largest absolute Gasteiger partial charge is 0.466 e. The molecular weight excluding hydrogens is 300 g/mol. The number of nitrogens with two attached hydrogens (primary N) is 1. The molecule has 0 amide bonds. The highest BCUT2D eigenvalue weighted by molar-refractivity contribution is 6.41. The van der Waals surface area contributed by atoms with E-state index >= 15 is 0 Å². The number of nitrogens with zero attached hydrogens (tertiary/aromatic N) is 2. The molecule has 0 spiro atoms. The van der Waals surface area contributed by atoms with Gasteiger partial charge >= 0.3 is 5.97 Å². The highest BCUT2D eigenvalue weighted by Crippen LogP contribution is 2.36. The summed E-state index contributed by atoms with van der Waals surface area (Å²) in [6.45, 7) is 0. The number of hydrogen-bond acceptors (Lipinski definition) is 5. The molecule has 8 heteroatoms. The predicted octanol–water partition coefficient (Wildman–Crippen LogP) is 3.70. The summed E-state index contributed by atoms with van der Waals surface area (Å²) in [4.78, 5) is 10.9. The number of benzene rings is 1. The fourth-order valence-corrected chi connectivity index (χ4v) is 1.84. The topological polar surface area (TPSA) is 77.0 Å². The highest BCUT2D eigenvalue weighted by atomic mass is 35.5. The molecule has 0 unspecified atom stereocenters. The number of carbonyl (C=O) groups is 1. The van der Waals surface area contributed by atoms with Gasteiger partial charge in [-0.25, -0.2) is 4.79 Å². The molecule has 0 aliphatic rings. The van der Waals surface area contributed by atoms with Gasteiger partial charge in [0.05, 0.1) is 23.2 Å². The average Bonchev–Trinajstić information content (AvgIpc) is 2.27. The molecule has 0 saturated heterocycles. The van der Waals surface area contributed by atoms with Crippen molar-refractivity contribution in [1.82, 2.24) is 0 Å². The zero-order valence-electron chi connectivity index (χ0n) is 9.15. The lowest BCUT2D eigenvalue weighted by Crippen LogP contribution is -2.01. The molecule has 2 N–H and O–H groups in total. The van der Waals surface area contributed by atoms with E-state index in [-0.39, 0.29) is 21.6 Å². The first-order chi connectivity index (χ1) is 8.43. The maximum atomic E-state index is 10.9. The van der Waals surface area contributed by atoms with Gasteiger partial charge in [-0.2, -0.15) is 0 Å². The Kier molecular flexibility index (Phi) is 5.40. The summed E-state index contributed by atoms with van der Waals surface area (Å²) < 4.78 is 4.37. The van der Waals surface area contributed by atoms with E-state index < -0.39 is 5.97 Å². The first-order valence-electron chi connectivity index (χ1n) is 4.55. The normalized spacial score (nSPS) is 11.9. The minimum Gasteiger partial charge on any atom is -0.466 e. The van der Waals surface area contributed by atoms with Crippen LogP contribution in [-0.4, -0.2) is 13.1 Å². The minimum absolute atomic E-state index is 0.135. The quantitative estimate of drug-likeness (QED) is 0.525. The van der Waals surface area contributed by atoms with Gasteiger partial charge in [-0.3, -0.25) is 0 Å². The molecule has 96 valence electrons. The number of carbonyl (C=O) groups excluding carboxylic acids is 1. The molecule has 5 nitrogen and oxygen atoms in total. The van der Waals surface area contributed by atoms with Crippen LogP contribution in [0.1, 0.15) is 0 Å². The number of methoxy groups -OCH3 is 1. The van der Waals surface area contributed by atoms with Crippen molar-refractivity contribution in [3.63, 3.8) is 0 Å². The molecule has 1 aromatic carbocycles. The van der Waals surface area contributed by atoms with Crippen molar-refractivity contribution < 1.29 is 9.53 Å². The van der Waals surface area contributed by atoms with E-state index in [0.29, 0.717) is 5.02 Å². The molecule has 0 radical (unpaired) electrons. The van der Waals surface area contributed by atoms with Crippen LogP contribution in [0, 0.1) is 0 Å². The van der Waals surface area contributed by atoms with Crippen molar-refractivity contribution in [2.24, 2.45) is 16.0 Å². The molecule has 0 heterocycles. The molecule has 1 rings (SSSR count). The minimum atomic E-state index is -0.639. The summed E-state index contributed by atoms with van der Waals surface area (Å²) in [5.74, 6) is -0.774. The first kappa shape index (κ1) is 14.8. The van der Waals surface area contributed by atoms with Gasteiger partial charge in [0.2, 0.25) is 0 Å². The molecule has 0 aliphatic heterocycles. The Balaban J connectivity index is 2.98. The van der Waals surface area contributed by atoms with Crippen LogP contribution < -0.4 is 5.73 Å². The molecule has 0 saturated carbocycles. The van der Waals surface area contributed by atoms with Gasteiger partial charge in [-0.05, 0) is 12.1 Å². The van der Waals surface area contributed by atoms with E-state index in [1.807, 2.05) is 0 Å². The third kappa shape index (κ3) is 4.18. The van der Waals surface area contributed by atoms with Gasteiger partial charge in [0, 0.05) is 5.02 Å². The second-order valence-corrected chi connectivity index (χ2v) is 4.26. The van der Waals surface area contributed by atoms with Gasteiger partial charge in [0.25, 0.3) is 0 Å². The number of esters is 1. The second kappa shape index (κ2) is 6.58. The Labute approximate surface area is 118 Å². The van der Waals surface area contributed by atoms with Crippen LogP contribution in [0.25, 0.3) is 0 Å². The summed E-state index contributed by atoms with van der Waals surface area (Å²) in [7, 11) is 1.22. The van der Waals surface area contributed by atoms with Crippen LogP contribution >= 0.6 is 34.8 Å². The number of rotatable bonds is 3. The highest BCUT2D eigenvalue weighted by Gasteiger charge is 2.07. The Morgan fingerprint density at radius 2 is 1.89 bits per heavy atom. The van der Waals surface area contributed by atoms with Crippen molar-refractivity contribution in [3.05, 3.63) is 39.1 Å². The Hall–Kier alpha value is -1.30. The number of halogens is 3. The zero-order chi connectivity index (χ0) is 13.7. The summed E-state index contributed by atoms with van der Waals surface area (Å²) >= 11 is 17.5. The van der Waals surface area contributed by atoms with E-state index in [1.165, 1.54) is 19.2 Å². The van der Waals surface area contributed by atoms with Crippen molar-refractivity contribution in [1.29, 1.82) is 0 Å². The average molecular weight is 309 g/mol. The molecular formula is C10H8Cl3N3O2. The predicted molar refractivity (Wildman–Crippen MR) is 70.3 cm³/mol. The van der Waals surface area contributed by atoms with Crippen LogP contribution in [0.2, 0.25) is 15.1 Å². The van der Waals surface area contributed by atoms with Crippen LogP contribution in [-0.2, 0) is 9.53 Å². The van der Waals surface area contributed by atoms with E-state index in [9.17, 15) is 4.79 Å². The van der Waals surface area contributed by atoms with Crippen LogP contribution in [0.4, 0.5) is 5.69 Å². The van der Waals surface area contributed by atoms with Crippen molar-refractivity contribution in [2.45, 2.75) is 0 Å². The molecule has 0 atom stereocenters. The maximum absolute atomic E-state index is 10.9. The second-order valence-electron chi connectivity index (χ2n) is 3.01. The standard InChI is InChI=1S/C10H8Cl3N3O2/c1-18-9(17)4-8(14)15-16-10-6(12)2-5(11)3-7(10)13/h2-4H,14H2,1H3/b8-4-,16-15?. The van der Waals surface area contributed by atoms with E-state index in [2.05, 4.69) is 15.0 Å². The Morgan fingerprint density at radius 3 is 2.39 bits per heavy atom. The van der Waals surface area contributed by atoms with Crippen molar-refractivity contribution >= 4 is 46.5 Å². The summed E-state index contributed by atoms with van der Waals surface area (Å²) in [6, 6.07) is 2.92. The van der Waals surface area contributed by atoms with Gasteiger partial charge in [-0.1, -0.05) is 34.8 Å². The lowest BCUT2D eigenvalue weighted by atomic mass is 10.3. The van der Waals surface area contributed by atoms with Gasteiger partial charge in [-0.15, -0.1) is 10.2 Å². The SMILES string of the molecule is COC(=O)/C=C(/N)N=Nc1c(Cl)cc(Cl)cc1Cl. The summed E-state index contributed by atoms with van der Waals surface area (Å²) in [5, 5.41) is 8.15. The van der Waals surface area contributed by atoms with E-state index in [4.69, 9.17) is 40.5 Å². The fourth-order valence-electron chi connectivity index (χ4n) is 0.946. The van der Waals surface area contributed by atoms with Crippen LogP contribution in [0.5, 0.6) is 0 Å². The van der Waals surface area contributed by atoms with Gasteiger partial charge < -0.3 is 10.5 Å². The monoisotopic (exact) mass is 307 g/mol. The van der Waals surface area contributed by atoms with Crippen molar-refractivity contribution in [3.8, 4) is 0 Å². The molecule has 18 heavy (non-hydrogen) atoms. The maximum Gasteiger partial charge on any atom is 0.334 e. The third-order valence-electron chi connectivity index (χ3n) is 1.71. The van der Waals surface area contributed by atoms with Gasteiger partial charge in [0.15, 0.2) is 5.82 Å². The zero-order valence-corrected chi connectivity index (χ0v) is 11.4. The number of ether oxygens (including phenoxy) is 1. The Bertz CT molecular complexity index is 506. The Morgan fingerprint density at radius 1 is 1.33 bits per heavy atom. The number of hydrogen-bond donors (Lipinski definition) is 1. The van der Waals surface area contributed by atoms with E-state index in [1.54, 1.807) is 0 Å². The molecule has 0 bridgehead atoms. The molecule has 1 aromatic rings. The summed E-state index contributed by atoms with van der Waals surface area (Å²) in [6.07, 6.45) is 0.973. The molecule has 0 aromatic heterocycles. The first-order valence-corrected chi connectivity index (χ1v) is 5.69. The fraction of sp³-hybridized carbons (Fsp3) is 0.100. The molecule has 0 aliphatic carbocycles. The summed E-state index contributed by atoms with van der Waals surface area (Å²) in [5.41, 5.74) is 5.63.